The molecule has 202 valence electrons. The summed E-state index contributed by atoms with van der Waals surface area (Å²) in [5.41, 5.74) is 1.41. The zero-order valence-electron chi connectivity index (χ0n) is 22.2. The second-order valence-electron chi connectivity index (χ2n) is 10.4. The summed E-state index contributed by atoms with van der Waals surface area (Å²) in [5, 5.41) is 22.9. The molecule has 1 aliphatic carbocycles. The molecular weight excluding hydrogens is 494 g/mol. The summed E-state index contributed by atoms with van der Waals surface area (Å²) in [5.74, 6) is 1.97. The number of ether oxygens (including phenoxy) is 1. The Bertz CT molecular complexity index is 1400. The van der Waals surface area contributed by atoms with E-state index in [-0.39, 0.29) is 6.10 Å². The highest BCUT2D eigenvalue weighted by atomic mass is 16.5. The Morgan fingerprint density at radius 1 is 1.10 bits per heavy atom. The van der Waals surface area contributed by atoms with Crippen LogP contribution < -0.4 is 10.2 Å². The van der Waals surface area contributed by atoms with Gasteiger partial charge in [0.15, 0.2) is 11.6 Å². The summed E-state index contributed by atoms with van der Waals surface area (Å²) in [7, 11) is 0. The number of anilines is 3. The minimum Gasteiger partial charge on any atom is -0.508 e. The van der Waals surface area contributed by atoms with Gasteiger partial charge in [0, 0.05) is 18.5 Å². The number of hydrogen-bond acceptors (Lipinski definition) is 8. The molecular formula is C30H33N5O4. The molecule has 1 saturated heterocycles. The van der Waals surface area contributed by atoms with Gasteiger partial charge in [-0.15, -0.1) is 0 Å². The lowest BCUT2D eigenvalue weighted by molar-refractivity contribution is -0.142. The average molecular weight is 528 g/mol. The number of nitrogens with zero attached hydrogens (tertiary/aromatic N) is 4. The van der Waals surface area contributed by atoms with E-state index in [9.17, 15) is 15.0 Å². The molecule has 3 N–H and O–H groups in total. The number of aromatic nitrogens is 3. The van der Waals surface area contributed by atoms with E-state index < -0.39 is 11.4 Å². The first-order chi connectivity index (χ1) is 18.8. The summed E-state index contributed by atoms with van der Waals surface area (Å²) < 4.78 is 6.11. The maximum atomic E-state index is 11.6. The summed E-state index contributed by atoms with van der Waals surface area (Å²) in [6, 6.07) is 13.1. The lowest BCUT2D eigenvalue weighted by Crippen LogP contribution is -2.40. The van der Waals surface area contributed by atoms with Crippen LogP contribution in [0.1, 0.15) is 45.1 Å². The molecule has 5 rings (SSSR count). The van der Waals surface area contributed by atoms with E-state index in [4.69, 9.17) is 14.7 Å². The molecule has 2 aromatic heterocycles. The van der Waals surface area contributed by atoms with Crippen LogP contribution in [0.15, 0.2) is 78.5 Å². The van der Waals surface area contributed by atoms with E-state index >= 15 is 0 Å². The van der Waals surface area contributed by atoms with E-state index in [2.05, 4.69) is 15.2 Å². The number of carbonyl (C=O) groups is 1. The van der Waals surface area contributed by atoms with Crippen LogP contribution in [0.25, 0.3) is 11.3 Å². The van der Waals surface area contributed by atoms with Gasteiger partial charge in [0.05, 0.1) is 30.0 Å². The number of pyridine rings is 1. The molecule has 0 spiro atoms. The number of piperidine rings is 1. The molecule has 3 heterocycles. The summed E-state index contributed by atoms with van der Waals surface area (Å²) in [6.45, 7) is 4.89. The number of nitrogens with one attached hydrogen (secondary N) is 1. The van der Waals surface area contributed by atoms with Gasteiger partial charge in [0.25, 0.3) is 0 Å². The Labute approximate surface area is 227 Å². The highest BCUT2D eigenvalue weighted by Gasteiger charge is 2.29. The fourth-order valence-corrected chi connectivity index (χ4v) is 4.70. The van der Waals surface area contributed by atoms with Crippen molar-refractivity contribution in [3.63, 3.8) is 0 Å². The highest BCUT2D eigenvalue weighted by Crippen LogP contribution is 2.28. The second-order valence-corrected chi connectivity index (χ2v) is 10.4. The van der Waals surface area contributed by atoms with Gasteiger partial charge in [0.2, 0.25) is 0 Å². The maximum absolute atomic E-state index is 11.6. The van der Waals surface area contributed by atoms with Gasteiger partial charge < -0.3 is 25.2 Å². The number of benzene rings is 1. The van der Waals surface area contributed by atoms with Crippen molar-refractivity contribution in [2.45, 2.75) is 51.0 Å². The summed E-state index contributed by atoms with van der Waals surface area (Å²) >= 11 is 0. The molecule has 3 aromatic rings. The van der Waals surface area contributed by atoms with Crippen molar-refractivity contribution in [1.29, 1.82) is 0 Å². The Morgan fingerprint density at radius 2 is 1.92 bits per heavy atom. The van der Waals surface area contributed by atoms with Crippen LogP contribution in [-0.4, -0.2) is 50.3 Å². The number of aliphatic hydroxyl groups excluding tert-OH is 1. The van der Waals surface area contributed by atoms with E-state index in [1.54, 1.807) is 26.2 Å². The summed E-state index contributed by atoms with van der Waals surface area (Å²) in [6.07, 6.45) is 10.6. The minimum atomic E-state index is -0.967. The maximum Gasteiger partial charge on any atom is 0.313 e. The number of carboxylic acid groups (broad SMARTS) is 1. The van der Waals surface area contributed by atoms with Crippen molar-refractivity contribution in [3.8, 4) is 11.3 Å². The molecule has 0 amide bonds. The molecule has 9 heteroatoms. The number of aliphatic carboxylic acids is 1. The van der Waals surface area contributed by atoms with Crippen molar-refractivity contribution in [3.05, 3.63) is 84.1 Å². The lowest BCUT2D eigenvalue weighted by atomic mass is 9.84. The second kappa shape index (κ2) is 11.1. The van der Waals surface area contributed by atoms with E-state index in [1.807, 2.05) is 54.6 Å². The Morgan fingerprint density at radius 3 is 2.69 bits per heavy atom. The monoisotopic (exact) mass is 527 g/mol. The highest BCUT2D eigenvalue weighted by molar-refractivity contribution is 5.80. The first kappa shape index (κ1) is 26.2. The Balaban J connectivity index is 1.27. The van der Waals surface area contributed by atoms with Crippen LogP contribution in [0.4, 0.5) is 17.5 Å². The smallest absolute Gasteiger partial charge is 0.313 e. The predicted octanol–water partition coefficient (Wildman–Crippen LogP) is 5.75. The number of aliphatic hydroxyl groups is 1. The normalized spacial score (nSPS) is 17.7. The predicted molar refractivity (Wildman–Crippen MR) is 150 cm³/mol. The van der Waals surface area contributed by atoms with Crippen molar-refractivity contribution in [2.24, 2.45) is 0 Å². The number of carboxylic acids is 1. The Hall–Kier alpha value is -4.40. The van der Waals surface area contributed by atoms with Crippen LogP contribution in [-0.2, 0) is 14.9 Å². The average Bonchev–Trinajstić information content (AvgIpc) is 2.95. The van der Waals surface area contributed by atoms with Gasteiger partial charge in [-0.3, -0.25) is 9.78 Å². The Kier molecular flexibility index (Phi) is 7.49. The molecule has 39 heavy (non-hydrogen) atoms. The molecule has 1 aromatic carbocycles. The van der Waals surface area contributed by atoms with Gasteiger partial charge >= 0.3 is 5.97 Å². The molecule has 1 fully saturated rings. The van der Waals surface area contributed by atoms with Crippen LogP contribution in [0.3, 0.4) is 0 Å². The number of rotatable bonds is 8. The first-order valence-electron chi connectivity index (χ1n) is 13.2. The summed E-state index contributed by atoms with van der Waals surface area (Å²) in [4.78, 5) is 27.6. The largest absolute Gasteiger partial charge is 0.508 e. The van der Waals surface area contributed by atoms with Crippen molar-refractivity contribution in [1.82, 2.24) is 15.0 Å². The molecule has 1 aliphatic heterocycles. The lowest BCUT2D eigenvalue weighted by Gasteiger charge is -2.34. The zero-order valence-corrected chi connectivity index (χ0v) is 22.2. The van der Waals surface area contributed by atoms with Crippen LogP contribution in [0.5, 0.6) is 0 Å². The molecule has 1 unspecified atom stereocenters. The molecule has 9 nitrogen and oxygen atoms in total. The molecule has 0 saturated carbocycles. The standard InChI is InChI=1S/C30H33N5O4/c1-30(2,29(37)38)21-14-12-20(13-15-21)23-8-5-11-26(32-23)33-27-17-31-18-28(34-27)35-16-6-7-22(19-35)39-25-10-4-3-9-24(25)36/h4-5,8,10-15,17-18,22,36H,3,6-7,9,16,19H2,1-2H3,(H,37,38)(H,32,33,34). The van der Waals surface area contributed by atoms with Crippen LogP contribution in [0.2, 0.25) is 0 Å². The van der Waals surface area contributed by atoms with Gasteiger partial charge in [0.1, 0.15) is 23.5 Å². The third kappa shape index (κ3) is 6.03. The molecule has 1 atom stereocenters. The van der Waals surface area contributed by atoms with Gasteiger partial charge in [-0.25, -0.2) is 9.97 Å². The van der Waals surface area contributed by atoms with Crippen LogP contribution >= 0.6 is 0 Å². The van der Waals surface area contributed by atoms with Crippen molar-refractivity contribution < 1.29 is 19.7 Å². The SMILES string of the molecule is CC(C)(C(=O)O)c1ccc(-c2cccc(Nc3cncc(N4CCCC(OC5=C(O)CCC=C5)C4)n3)n2)cc1. The van der Waals surface area contributed by atoms with E-state index in [0.717, 1.165) is 48.4 Å². The van der Waals surface area contributed by atoms with Crippen LogP contribution in [0, 0.1) is 0 Å². The van der Waals surface area contributed by atoms with Gasteiger partial charge in [-0.05, 0) is 56.9 Å². The fraction of sp³-hybridized carbons (Fsp3) is 0.333. The molecule has 2 aliphatic rings. The number of allylic oxidation sites excluding steroid dienone is 3. The van der Waals surface area contributed by atoms with Gasteiger partial charge in [-0.1, -0.05) is 36.4 Å². The van der Waals surface area contributed by atoms with Gasteiger partial charge in [-0.2, -0.15) is 0 Å². The van der Waals surface area contributed by atoms with Crippen molar-refractivity contribution >= 4 is 23.4 Å². The van der Waals surface area contributed by atoms with Crippen molar-refractivity contribution in [2.75, 3.05) is 23.3 Å². The quantitative estimate of drug-likeness (QED) is 0.336. The minimum absolute atomic E-state index is 0.0390. The fourth-order valence-electron chi connectivity index (χ4n) is 4.70. The van der Waals surface area contributed by atoms with E-state index in [0.29, 0.717) is 36.1 Å². The topological polar surface area (TPSA) is 121 Å². The first-order valence-corrected chi connectivity index (χ1v) is 13.2. The third-order valence-electron chi connectivity index (χ3n) is 7.16. The molecule has 0 radical (unpaired) electrons. The van der Waals surface area contributed by atoms with E-state index in [1.165, 1.54) is 0 Å². The number of hydrogen-bond donors (Lipinski definition) is 3. The zero-order chi connectivity index (χ0) is 27.4. The third-order valence-corrected chi connectivity index (χ3v) is 7.16. The molecule has 0 bridgehead atoms.